The lowest BCUT2D eigenvalue weighted by Crippen LogP contribution is -2.47. The number of carbonyl (C=O) groups excluding carboxylic acids is 4. The standard InChI is InChI=1S/C29H34N2O6Si/c1-8-19-13-14-22(30-16-15-23(30)32)26(31-27(34)20-11-9-10-12-21(20)28(31)35)25(19)18(2)37-38(7,29(3,4)5)17-24(33)36-6/h8-14,18H,1,15-17H2,2-7H3/t18-,38?/m1/s1. The van der Waals surface area contributed by atoms with Gasteiger partial charge in [0.25, 0.3) is 11.8 Å². The Labute approximate surface area is 224 Å². The summed E-state index contributed by atoms with van der Waals surface area (Å²) in [6.45, 7) is 14.4. The zero-order chi connectivity index (χ0) is 28.0. The van der Waals surface area contributed by atoms with Gasteiger partial charge in [-0.15, -0.1) is 0 Å². The summed E-state index contributed by atoms with van der Waals surface area (Å²) in [5.74, 6) is -1.36. The Hall–Kier alpha value is -3.56. The molecule has 0 saturated carbocycles. The Morgan fingerprint density at radius 2 is 1.71 bits per heavy atom. The lowest BCUT2D eigenvalue weighted by atomic mass is 9.96. The number of ether oxygens (including phenoxy) is 1. The maximum Gasteiger partial charge on any atom is 0.305 e. The largest absolute Gasteiger partial charge is 0.469 e. The lowest BCUT2D eigenvalue weighted by molar-refractivity contribution is -0.138. The van der Waals surface area contributed by atoms with Crippen molar-refractivity contribution >= 4 is 49.5 Å². The monoisotopic (exact) mass is 534 g/mol. The third-order valence-electron chi connectivity index (χ3n) is 7.75. The van der Waals surface area contributed by atoms with Gasteiger partial charge in [0.15, 0.2) is 0 Å². The molecule has 200 valence electrons. The van der Waals surface area contributed by atoms with E-state index in [1.807, 2.05) is 40.3 Å². The van der Waals surface area contributed by atoms with Crippen LogP contribution in [-0.2, 0) is 18.8 Å². The minimum absolute atomic E-state index is 0.0895. The molecule has 0 aromatic heterocycles. The highest BCUT2D eigenvalue weighted by molar-refractivity contribution is 6.78. The van der Waals surface area contributed by atoms with Crippen molar-refractivity contribution in [1.29, 1.82) is 0 Å². The van der Waals surface area contributed by atoms with Crippen LogP contribution in [0.25, 0.3) is 6.08 Å². The molecule has 2 aromatic rings. The smallest absolute Gasteiger partial charge is 0.305 e. The van der Waals surface area contributed by atoms with E-state index in [1.54, 1.807) is 41.3 Å². The third kappa shape index (κ3) is 4.50. The highest BCUT2D eigenvalue weighted by atomic mass is 28.4. The summed E-state index contributed by atoms with van der Waals surface area (Å²) in [6, 6.07) is 10.4. The van der Waals surface area contributed by atoms with Crippen molar-refractivity contribution in [1.82, 2.24) is 0 Å². The molecule has 1 unspecified atom stereocenters. The summed E-state index contributed by atoms with van der Waals surface area (Å²) in [5.41, 5.74) is 2.64. The van der Waals surface area contributed by atoms with E-state index in [2.05, 4.69) is 6.58 Å². The summed E-state index contributed by atoms with van der Waals surface area (Å²) >= 11 is 0. The fraction of sp³-hybridized carbons (Fsp3) is 0.379. The maximum absolute atomic E-state index is 13.7. The number of imide groups is 1. The SMILES string of the molecule is C=Cc1ccc(N2CCC2=O)c(N2C(=O)c3ccccc3C2=O)c1[C@@H](C)O[Si](C)(CC(=O)OC)C(C)(C)C. The highest BCUT2D eigenvalue weighted by Crippen LogP contribution is 2.48. The van der Waals surface area contributed by atoms with Crippen LogP contribution in [0, 0.1) is 0 Å². The van der Waals surface area contributed by atoms with Crippen molar-refractivity contribution in [2.75, 3.05) is 23.5 Å². The molecule has 3 amide bonds. The van der Waals surface area contributed by atoms with E-state index in [9.17, 15) is 19.2 Å². The van der Waals surface area contributed by atoms with E-state index in [0.717, 1.165) is 4.90 Å². The second-order valence-electron chi connectivity index (χ2n) is 10.9. The zero-order valence-electron chi connectivity index (χ0n) is 22.8. The van der Waals surface area contributed by atoms with Gasteiger partial charge in [-0.25, -0.2) is 4.90 Å². The number of rotatable bonds is 8. The molecule has 2 aliphatic heterocycles. The lowest BCUT2D eigenvalue weighted by Gasteiger charge is -2.42. The predicted molar refractivity (Wildman–Crippen MR) is 149 cm³/mol. The molecule has 0 bridgehead atoms. The van der Waals surface area contributed by atoms with Crippen LogP contribution in [0.1, 0.15) is 72.1 Å². The van der Waals surface area contributed by atoms with Gasteiger partial charge in [0, 0.05) is 18.5 Å². The number of β-lactam (4-membered cyclic amide) rings is 1. The van der Waals surface area contributed by atoms with Crippen LogP contribution in [0.4, 0.5) is 11.4 Å². The molecule has 0 aliphatic carbocycles. The molecule has 2 aliphatic rings. The first kappa shape index (κ1) is 27.5. The topological polar surface area (TPSA) is 93.2 Å². The number of fused-ring (bicyclic) bond motifs is 1. The van der Waals surface area contributed by atoms with Gasteiger partial charge < -0.3 is 14.1 Å². The molecule has 0 radical (unpaired) electrons. The predicted octanol–water partition coefficient (Wildman–Crippen LogP) is 5.49. The Morgan fingerprint density at radius 1 is 1.11 bits per heavy atom. The van der Waals surface area contributed by atoms with Gasteiger partial charge in [-0.2, -0.15) is 0 Å². The van der Waals surface area contributed by atoms with E-state index in [0.29, 0.717) is 46.6 Å². The Morgan fingerprint density at radius 3 is 2.16 bits per heavy atom. The van der Waals surface area contributed by atoms with Gasteiger partial charge in [-0.3, -0.25) is 19.2 Å². The molecule has 1 fully saturated rings. The van der Waals surface area contributed by atoms with Crippen LogP contribution in [-0.4, -0.2) is 45.7 Å². The molecule has 2 aromatic carbocycles. The number of benzene rings is 2. The van der Waals surface area contributed by atoms with E-state index < -0.39 is 26.2 Å². The minimum Gasteiger partial charge on any atom is -0.469 e. The maximum atomic E-state index is 13.7. The quantitative estimate of drug-likeness (QED) is 0.192. The minimum atomic E-state index is -2.81. The molecule has 1 saturated heterocycles. The summed E-state index contributed by atoms with van der Waals surface area (Å²) in [5, 5.41) is -0.343. The van der Waals surface area contributed by atoms with Gasteiger partial charge >= 0.3 is 5.97 Å². The number of anilines is 2. The van der Waals surface area contributed by atoms with Gasteiger partial charge in [-0.05, 0) is 42.3 Å². The normalized spacial score (nSPS) is 17.6. The van der Waals surface area contributed by atoms with Crippen LogP contribution in [0.3, 0.4) is 0 Å². The second kappa shape index (κ2) is 9.96. The first-order chi connectivity index (χ1) is 17.8. The molecule has 8 nitrogen and oxygen atoms in total. The third-order valence-corrected chi connectivity index (χ3v) is 12.8. The summed E-state index contributed by atoms with van der Waals surface area (Å²) in [7, 11) is -1.45. The van der Waals surface area contributed by atoms with Crippen LogP contribution in [0.15, 0.2) is 43.0 Å². The van der Waals surface area contributed by atoms with Crippen molar-refractivity contribution in [3.63, 3.8) is 0 Å². The molecule has 2 atom stereocenters. The van der Waals surface area contributed by atoms with Crippen molar-refractivity contribution in [2.45, 2.75) is 57.8 Å². The fourth-order valence-corrected chi connectivity index (χ4v) is 7.47. The van der Waals surface area contributed by atoms with E-state index in [1.165, 1.54) is 7.11 Å². The van der Waals surface area contributed by atoms with Gasteiger partial charge in [-0.1, -0.05) is 51.6 Å². The van der Waals surface area contributed by atoms with Crippen LogP contribution >= 0.6 is 0 Å². The van der Waals surface area contributed by atoms with Crippen LogP contribution in [0.5, 0.6) is 0 Å². The molecule has 0 N–H and O–H groups in total. The van der Waals surface area contributed by atoms with Gasteiger partial charge in [0.2, 0.25) is 14.2 Å². The number of nitrogens with zero attached hydrogens (tertiary/aromatic N) is 2. The summed E-state index contributed by atoms with van der Waals surface area (Å²) in [6.07, 6.45) is 1.40. The zero-order valence-corrected chi connectivity index (χ0v) is 23.8. The Kier molecular flexibility index (Phi) is 7.20. The van der Waals surface area contributed by atoms with E-state index in [-0.39, 0.29) is 23.0 Å². The first-order valence-corrected chi connectivity index (χ1v) is 15.3. The fourth-order valence-electron chi connectivity index (χ4n) is 4.91. The van der Waals surface area contributed by atoms with Crippen molar-refractivity contribution in [3.05, 3.63) is 65.2 Å². The molecule has 0 spiro atoms. The van der Waals surface area contributed by atoms with Crippen LogP contribution in [0.2, 0.25) is 17.6 Å². The van der Waals surface area contributed by atoms with Crippen molar-refractivity contribution in [3.8, 4) is 0 Å². The molecular formula is C29H34N2O6Si. The first-order valence-electron chi connectivity index (χ1n) is 12.7. The molecule has 9 heteroatoms. The van der Waals surface area contributed by atoms with Crippen LogP contribution < -0.4 is 9.80 Å². The Balaban J connectivity index is 1.92. The number of hydrogen-bond donors (Lipinski definition) is 0. The molecular weight excluding hydrogens is 500 g/mol. The van der Waals surface area contributed by atoms with Crippen molar-refractivity contribution < 1.29 is 28.3 Å². The highest BCUT2D eigenvalue weighted by Gasteiger charge is 2.47. The van der Waals surface area contributed by atoms with E-state index in [4.69, 9.17) is 9.16 Å². The average molecular weight is 535 g/mol. The molecule has 2 heterocycles. The van der Waals surface area contributed by atoms with Crippen molar-refractivity contribution in [2.24, 2.45) is 0 Å². The van der Waals surface area contributed by atoms with Gasteiger partial charge in [0.05, 0.1) is 41.8 Å². The molecule has 38 heavy (non-hydrogen) atoms. The van der Waals surface area contributed by atoms with E-state index >= 15 is 0 Å². The Bertz CT molecular complexity index is 1310. The number of hydrogen-bond acceptors (Lipinski definition) is 6. The second-order valence-corrected chi connectivity index (χ2v) is 15.5. The summed E-state index contributed by atoms with van der Waals surface area (Å²) in [4.78, 5) is 55.0. The average Bonchev–Trinajstić information content (AvgIpc) is 3.11. The number of amides is 3. The number of carbonyl (C=O) groups is 4. The van der Waals surface area contributed by atoms with Gasteiger partial charge in [0.1, 0.15) is 0 Å². The number of methoxy groups -OCH3 is 1. The number of esters is 1. The molecule has 4 rings (SSSR count). The summed E-state index contributed by atoms with van der Waals surface area (Å²) < 4.78 is 11.8.